The molecule has 0 aliphatic heterocycles. The van der Waals surface area contributed by atoms with Crippen molar-refractivity contribution in [2.24, 2.45) is 0 Å². The van der Waals surface area contributed by atoms with Crippen molar-refractivity contribution in [1.29, 1.82) is 0 Å². The van der Waals surface area contributed by atoms with Gasteiger partial charge in [-0.05, 0) is 91.9 Å². The Labute approximate surface area is 229 Å². The summed E-state index contributed by atoms with van der Waals surface area (Å²) in [5, 5.41) is 23.9. The Bertz CT molecular complexity index is 1380. The molecule has 0 fully saturated rings. The van der Waals surface area contributed by atoms with Crippen LogP contribution in [0.25, 0.3) is 11.1 Å². The predicted octanol–water partition coefficient (Wildman–Crippen LogP) is 4.31. The summed E-state index contributed by atoms with van der Waals surface area (Å²) in [5.74, 6) is 0.218. The average Bonchev–Trinajstić information content (AvgIpc) is 2.87. The van der Waals surface area contributed by atoms with Gasteiger partial charge < -0.3 is 25.0 Å². The van der Waals surface area contributed by atoms with Crippen molar-refractivity contribution in [3.8, 4) is 22.6 Å². The molecule has 0 bridgehead atoms. The van der Waals surface area contributed by atoms with E-state index in [-0.39, 0.29) is 23.4 Å². The molecule has 10 heteroatoms. The van der Waals surface area contributed by atoms with Crippen LogP contribution in [-0.2, 0) is 14.8 Å². The number of ether oxygens (including phenoxy) is 2. The van der Waals surface area contributed by atoms with Crippen molar-refractivity contribution >= 4 is 21.7 Å². The molecule has 0 heterocycles. The summed E-state index contributed by atoms with van der Waals surface area (Å²) in [5.41, 5.74) is 4.92. The van der Waals surface area contributed by atoms with Crippen molar-refractivity contribution in [3.63, 3.8) is 0 Å². The van der Waals surface area contributed by atoms with Gasteiger partial charge >= 0.3 is 5.97 Å². The number of aliphatic hydroxyl groups excluding tert-OH is 1. The Morgan fingerprint density at radius 1 is 1.00 bits per heavy atom. The van der Waals surface area contributed by atoms with E-state index in [9.17, 15) is 23.4 Å². The number of phenols is 1. The Balaban J connectivity index is 1.58. The van der Waals surface area contributed by atoms with Gasteiger partial charge in [-0.2, -0.15) is 0 Å². The van der Waals surface area contributed by atoms with E-state index in [1.54, 1.807) is 32.0 Å². The van der Waals surface area contributed by atoms with Crippen molar-refractivity contribution in [2.75, 3.05) is 30.7 Å². The number of rotatable bonds is 12. The minimum atomic E-state index is -3.58. The largest absolute Gasteiger partial charge is 0.506 e. The van der Waals surface area contributed by atoms with Crippen LogP contribution in [0.1, 0.15) is 47.0 Å². The van der Waals surface area contributed by atoms with Crippen LogP contribution in [0.3, 0.4) is 0 Å². The minimum Gasteiger partial charge on any atom is -0.506 e. The van der Waals surface area contributed by atoms with E-state index in [4.69, 9.17) is 9.47 Å². The van der Waals surface area contributed by atoms with E-state index < -0.39 is 16.1 Å². The van der Waals surface area contributed by atoms with Crippen molar-refractivity contribution in [2.45, 2.75) is 39.8 Å². The Morgan fingerprint density at radius 3 is 2.23 bits per heavy atom. The smallest absolute Gasteiger partial charge is 0.338 e. The predicted molar refractivity (Wildman–Crippen MR) is 152 cm³/mol. The number of esters is 1. The van der Waals surface area contributed by atoms with Crippen LogP contribution in [-0.4, -0.2) is 56.7 Å². The van der Waals surface area contributed by atoms with Crippen LogP contribution < -0.4 is 14.8 Å². The molecule has 0 aliphatic carbocycles. The van der Waals surface area contributed by atoms with Crippen LogP contribution in [0.4, 0.5) is 5.69 Å². The molecule has 3 rings (SSSR count). The SMILES string of the molecule is CCOC(=O)c1ccc(-c2cc(C)c(OCCN[C@@H](C)[C@H](O)c3ccc(O)c(NS(C)(=O)=O)c3)c(C)c2)cc1. The highest BCUT2D eigenvalue weighted by atomic mass is 32.2. The lowest BCUT2D eigenvalue weighted by molar-refractivity contribution is 0.0526. The first-order valence-corrected chi connectivity index (χ1v) is 14.5. The van der Waals surface area contributed by atoms with Crippen LogP contribution in [0.5, 0.6) is 11.5 Å². The molecule has 0 saturated carbocycles. The number of carbonyl (C=O) groups is 1. The van der Waals surface area contributed by atoms with E-state index in [0.717, 1.165) is 34.3 Å². The Hall–Kier alpha value is -3.60. The molecule has 0 spiro atoms. The van der Waals surface area contributed by atoms with Crippen LogP contribution in [0.2, 0.25) is 0 Å². The molecule has 0 aliphatic rings. The molecular formula is C29H36N2O7S. The number of aromatic hydroxyl groups is 1. The maximum absolute atomic E-state index is 11.9. The zero-order valence-electron chi connectivity index (χ0n) is 22.8. The maximum atomic E-state index is 11.9. The molecule has 0 radical (unpaired) electrons. The highest BCUT2D eigenvalue weighted by Gasteiger charge is 2.18. The van der Waals surface area contributed by atoms with Gasteiger partial charge in [0.1, 0.15) is 18.1 Å². The fourth-order valence-corrected chi connectivity index (χ4v) is 4.78. The van der Waals surface area contributed by atoms with Gasteiger partial charge in [-0.15, -0.1) is 0 Å². The Morgan fingerprint density at radius 2 is 1.64 bits per heavy atom. The molecule has 39 heavy (non-hydrogen) atoms. The molecule has 4 N–H and O–H groups in total. The third-order valence-corrected chi connectivity index (χ3v) is 6.73. The molecule has 2 atom stereocenters. The lowest BCUT2D eigenvalue weighted by atomic mass is 9.99. The third kappa shape index (κ3) is 8.19. The van der Waals surface area contributed by atoms with Gasteiger partial charge in [-0.3, -0.25) is 4.72 Å². The van der Waals surface area contributed by atoms with Gasteiger partial charge in [-0.1, -0.05) is 18.2 Å². The molecule has 0 unspecified atom stereocenters. The number of aliphatic hydroxyl groups is 1. The average molecular weight is 557 g/mol. The fourth-order valence-electron chi connectivity index (χ4n) is 4.22. The number of phenolic OH excluding ortho intramolecular Hbond substituents is 1. The second-order valence-electron chi connectivity index (χ2n) is 9.42. The maximum Gasteiger partial charge on any atom is 0.338 e. The highest BCUT2D eigenvalue weighted by Crippen LogP contribution is 2.31. The standard InChI is InChI=1S/C29H36N2O7S/c1-6-37-29(34)22-9-7-21(8-10-22)24-15-18(2)28(19(3)16-24)38-14-13-30-20(4)27(33)23-11-12-26(32)25(17-23)31-39(5,35)36/h7-12,15-17,20,27,30-33H,6,13-14H2,1-5H3/t20-,27-/m0/s1. The fraction of sp³-hybridized carbons (Fsp3) is 0.345. The summed E-state index contributed by atoms with van der Waals surface area (Å²) in [6.07, 6.45) is 0.0464. The topological polar surface area (TPSA) is 134 Å². The first-order valence-electron chi connectivity index (χ1n) is 12.6. The van der Waals surface area contributed by atoms with Gasteiger partial charge in [0, 0.05) is 12.6 Å². The lowest BCUT2D eigenvalue weighted by Crippen LogP contribution is -2.35. The molecular weight excluding hydrogens is 520 g/mol. The van der Waals surface area contributed by atoms with Crippen molar-refractivity contribution < 1.29 is 32.9 Å². The van der Waals surface area contributed by atoms with E-state index >= 15 is 0 Å². The van der Waals surface area contributed by atoms with Crippen LogP contribution >= 0.6 is 0 Å². The molecule has 210 valence electrons. The van der Waals surface area contributed by atoms with Gasteiger partial charge in [-0.25, -0.2) is 13.2 Å². The summed E-state index contributed by atoms with van der Waals surface area (Å²) >= 11 is 0. The zero-order chi connectivity index (χ0) is 28.7. The van der Waals surface area contributed by atoms with Gasteiger partial charge in [0.2, 0.25) is 10.0 Å². The van der Waals surface area contributed by atoms with Crippen LogP contribution in [0.15, 0.2) is 54.6 Å². The van der Waals surface area contributed by atoms with E-state index in [1.807, 2.05) is 38.1 Å². The lowest BCUT2D eigenvalue weighted by Gasteiger charge is -2.22. The third-order valence-electron chi connectivity index (χ3n) is 6.14. The first-order chi connectivity index (χ1) is 18.4. The first kappa shape index (κ1) is 29.9. The number of carbonyl (C=O) groups excluding carboxylic acids is 1. The number of nitrogens with one attached hydrogen (secondary N) is 2. The summed E-state index contributed by atoms with van der Waals surface area (Å²) in [6, 6.07) is 15.3. The number of benzene rings is 3. The molecule has 3 aromatic carbocycles. The summed E-state index contributed by atoms with van der Waals surface area (Å²) in [4.78, 5) is 11.9. The minimum absolute atomic E-state index is 0.00826. The van der Waals surface area contributed by atoms with E-state index in [1.165, 1.54) is 12.1 Å². The number of anilines is 1. The number of hydrogen-bond donors (Lipinski definition) is 4. The molecule has 0 amide bonds. The normalized spacial score (nSPS) is 13.0. The van der Waals surface area contributed by atoms with Crippen molar-refractivity contribution in [1.82, 2.24) is 5.32 Å². The van der Waals surface area contributed by atoms with Crippen molar-refractivity contribution in [3.05, 3.63) is 76.9 Å². The molecule has 9 nitrogen and oxygen atoms in total. The van der Waals surface area contributed by atoms with Gasteiger partial charge in [0.25, 0.3) is 0 Å². The number of hydrogen-bond acceptors (Lipinski definition) is 8. The Kier molecular flexibility index (Phi) is 9.96. The molecule has 0 saturated heterocycles. The second kappa shape index (κ2) is 13.0. The monoisotopic (exact) mass is 556 g/mol. The number of aryl methyl sites for hydroxylation is 2. The van der Waals surface area contributed by atoms with E-state index in [2.05, 4.69) is 10.0 Å². The van der Waals surface area contributed by atoms with Gasteiger partial charge in [0.15, 0.2) is 0 Å². The second-order valence-corrected chi connectivity index (χ2v) is 11.2. The van der Waals surface area contributed by atoms with Crippen LogP contribution in [0, 0.1) is 13.8 Å². The van der Waals surface area contributed by atoms with E-state index in [0.29, 0.717) is 30.9 Å². The summed E-state index contributed by atoms with van der Waals surface area (Å²) in [7, 11) is -3.58. The summed E-state index contributed by atoms with van der Waals surface area (Å²) < 4.78 is 36.4. The molecule has 0 aromatic heterocycles. The highest BCUT2D eigenvalue weighted by molar-refractivity contribution is 7.92. The quantitative estimate of drug-likeness (QED) is 0.147. The zero-order valence-corrected chi connectivity index (χ0v) is 23.6. The summed E-state index contributed by atoms with van der Waals surface area (Å²) in [6.45, 7) is 8.69. The molecule has 3 aromatic rings. The van der Waals surface area contributed by atoms with Gasteiger partial charge in [0.05, 0.1) is 30.2 Å². The number of sulfonamides is 1.